The molecule has 0 amide bonds. The molecule has 1 unspecified atom stereocenters. The summed E-state index contributed by atoms with van der Waals surface area (Å²) in [5, 5.41) is 31.1. The second-order valence-corrected chi connectivity index (χ2v) is 15.4. The van der Waals surface area contributed by atoms with Crippen LogP contribution in [0.3, 0.4) is 0 Å². The van der Waals surface area contributed by atoms with Gasteiger partial charge in [-0.05, 0) is 31.1 Å². The number of unbranched alkanes of at least 4 members (excludes halogenated alkanes) is 11. The highest BCUT2D eigenvalue weighted by atomic mass is 31.2. The van der Waals surface area contributed by atoms with Crippen LogP contribution in [-0.4, -0.2) is 74.7 Å². The van der Waals surface area contributed by atoms with Gasteiger partial charge in [0.15, 0.2) is 6.10 Å². The largest absolute Gasteiger partial charge is 0.469 e. The Morgan fingerprint density at radius 3 is 2.06 bits per heavy atom. The van der Waals surface area contributed by atoms with Crippen LogP contribution in [0, 0.1) is 17.8 Å². The first kappa shape index (κ1) is 46.4. The first-order valence-electron chi connectivity index (χ1n) is 19.3. The standard InChI is InChI=1S/C38H69O11P/c1-4-6-15-21-31(39)25-26-34-33(35(40)27-36(34)41)22-18-19-23-37(42)47-28-32(29-48-50(44,45)46)49-38(43)24-17-14-12-10-8-7-9-11-13-16-20-30(3)5-2/h18-19,25-26,30-36,39-41H,4-17,20-24,27-29H2,1-3H3,(H2,44,45,46)/b19-18-,26-25+/t30?,31-,32-,33+,34-,35+,36-/m1/s1. The van der Waals surface area contributed by atoms with Crippen molar-refractivity contribution in [1.82, 2.24) is 0 Å². The summed E-state index contributed by atoms with van der Waals surface area (Å²) < 4.78 is 26.3. The van der Waals surface area contributed by atoms with Gasteiger partial charge in [0.1, 0.15) is 6.61 Å². The Labute approximate surface area is 301 Å². The van der Waals surface area contributed by atoms with Crippen molar-refractivity contribution in [3.63, 3.8) is 0 Å². The molecule has 1 aliphatic rings. The lowest BCUT2D eigenvalue weighted by molar-refractivity contribution is -0.160. The summed E-state index contributed by atoms with van der Waals surface area (Å²) in [4.78, 5) is 43.0. The summed E-state index contributed by atoms with van der Waals surface area (Å²) in [5.41, 5.74) is 0. The highest BCUT2D eigenvalue weighted by Gasteiger charge is 2.39. The maximum Gasteiger partial charge on any atom is 0.469 e. The fourth-order valence-corrected chi connectivity index (χ4v) is 6.62. The normalized spacial score (nSPS) is 21.5. The topological polar surface area (TPSA) is 180 Å². The second kappa shape index (κ2) is 28.0. The van der Waals surface area contributed by atoms with E-state index in [9.17, 15) is 29.5 Å². The van der Waals surface area contributed by atoms with Gasteiger partial charge in [0.25, 0.3) is 0 Å². The minimum absolute atomic E-state index is 0.111. The Balaban J connectivity index is 2.38. The summed E-state index contributed by atoms with van der Waals surface area (Å²) in [7, 11) is -4.83. The Hall–Kier alpha value is -1.59. The number of hydrogen-bond donors (Lipinski definition) is 5. The second-order valence-electron chi connectivity index (χ2n) is 14.1. The third-order valence-corrected chi connectivity index (χ3v) is 10.1. The Bertz CT molecular complexity index is 997. The van der Waals surface area contributed by atoms with Gasteiger partial charge in [0.2, 0.25) is 0 Å². The number of hydrogen-bond acceptors (Lipinski definition) is 9. The van der Waals surface area contributed by atoms with E-state index in [-0.39, 0.29) is 31.1 Å². The van der Waals surface area contributed by atoms with Gasteiger partial charge >= 0.3 is 19.8 Å². The predicted octanol–water partition coefficient (Wildman–Crippen LogP) is 7.47. The molecule has 0 aromatic carbocycles. The van der Waals surface area contributed by atoms with Crippen LogP contribution in [0.4, 0.5) is 0 Å². The summed E-state index contributed by atoms with van der Waals surface area (Å²) in [6, 6.07) is 0. The van der Waals surface area contributed by atoms with Crippen LogP contribution >= 0.6 is 7.82 Å². The van der Waals surface area contributed by atoms with Crippen LogP contribution in [-0.2, 0) is 28.2 Å². The number of aliphatic hydroxyl groups is 3. The molecule has 7 atom stereocenters. The SMILES string of the molecule is CCCCC[C@@H](O)/C=C/[C@@H]1[C@H](C/C=C\CC(=O)OC[C@H](COP(=O)(O)O)OC(=O)CCCCCCCCCCCCC(C)CC)[C@@H](O)C[C@H]1O. The highest BCUT2D eigenvalue weighted by Crippen LogP contribution is 2.37. The van der Waals surface area contributed by atoms with E-state index in [1.165, 1.54) is 51.4 Å². The van der Waals surface area contributed by atoms with E-state index in [0.29, 0.717) is 19.3 Å². The zero-order valence-electron chi connectivity index (χ0n) is 31.0. The number of phosphoric ester groups is 1. The molecule has 0 saturated heterocycles. The molecular formula is C38H69O11P. The quantitative estimate of drug-likeness (QED) is 0.0214. The van der Waals surface area contributed by atoms with Crippen LogP contribution < -0.4 is 0 Å². The molecule has 0 radical (unpaired) electrons. The van der Waals surface area contributed by atoms with Gasteiger partial charge in [-0.25, -0.2) is 4.57 Å². The van der Waals surface area contributed by atoms with Crippen molar-refractivity contribution in [3.05, 3.63) is 24.3 Å². The molecule has 0 bridgehead atoms. The van der Waals surface area contributed by atoms with E-state index in [1.54, 1.807) is 24.3 Å². The van der Waals surface area contributed by atoms with Crippen molar-refractivity contribution in [3.8, 4) is 0 Å². The maximum absolute atomic E-state index is 12.4. The number of phosphoric acid groups is 1. The van der Waals surface area contributed by atoms with Crippen molar-refractivity contribution >= 4 is 19.8 Å². The fraction of sp³-hybridized carbons (Fsp3) is 0.842. The summed E-state index contributed by atoms with van der Waals surface area (Å²) in [6.45, 7) is 5.61. The van der Waals surface area contributed by atoms with Crippen LogP contribution in [0.25, 0.3) is 0 Å². The Morgan fingerprint density at radius 1 is 0.820 bits per heavy atom. The molecule has 5 N–H and O–H groups in total. The van der Waals surface area contributed by atoms with Crippen LogP contribution in [0.2, 0.25) is 0 Å². The van der Waals surface area contributed by atoms with E-state index in [0.717, 1.165) is 44.4 Å². The zero-order chi connectivity index (χ0) is 37.2. The molecule has 0 aliphatic heterocycles. The van der Waals surface area contributed by atoms with Crippen molar-refractivity contribution in [2.75, 3.05) is 13.2 Å². The third kappa shape index (κ3) is 23.8. The smallest absolute Gasteiger partial charge is 0.461 e. The molecule has 12 heteroatoms. The van der Waals surface area contributed by atoms with Gasteiger partial charge in [-0.1, -0.05) is 135 Å². The van der Waals surface area contributed by atoms with Gasteiger partial charge < -0.3 is 34.6 Å². The Morgan fingerprint density at radius 2 is 1.44 bits per heavy atom. The third-order valence-electron chi connectivity index (χ3n) is 9.62. The fourth-order valence-electron chi connectivity index (χ4n) is 6.26. The number of esters is 2. The molecule has 0 spiro atoms. The zero-order valence-corrected chi connectivity index (χ0v) is 31.9. The van der Waals surface area contributed by atoms with E-state index in [4.69, 9.17) is 19.3 Å². The number of allylic oxidation sites excluding steroid dienone is 1. The van der Waals surface area contributed by atoms with E-state index < -0.39 is 57.4 Å². The van der Waals surface area contributed by atoms with Gasteiger partial charge in [-0.3, -0.25) is 14.1 Å². The first-order chi connectivity index (χ1) is 23.9. The van der Waals surface area contributed by atoms with Gasteiger partial charge in [0.05, 0.1) is 31.3 Å². The average molecular weight is 733 g/mol. The highest BCUT2D eigenvalue weighted by molar-refractivity contribution is 7.46. The van der Waals surface area contributed by atoms with E-state index in [2.05, 4.69) is 25.3 Å². The minimum Gasteiger partial charge on any atom is -0.461 e. The molecule has 50 heavy (non-hydrogen) atoms. The lowest BCUT2D eigenvalue weighted by Crippen LogP contribution is -2.29. The van der Waals surface area contributed by atoms with Gasteiger partial charge in [0, 0.05) is 18.8 Å². The molecule has 0 aromatic rings. The van der Waals surface area contributed by atoms with Crippen LogP contribution in [0.1, 0.15) is 149 Å². The molecule has 0 aromatic heterocycles. The summed E-state index contributed by atoms with van der Waals surface area (Å²) >= 11 is 0. The first-order valence-corrected chi connectivity index (χ1v) is 20.8. The number of carbonyl (C=O) groups is 2. The lowest BCUT2D eigenvalue weighted by atomic mass is 9.89. The molecular weight excluding hydrogens is 663 g/mol. The Kier molecular flexibility index (Phi) is 26.0. The molecule has 11 nitrogen and oxygen atoms in total. The van der Waals surface area contributed by atoms with E-state index >= 15 is 0 Å². The number of ether oxygens (including phenoxy) is 2. The molecule has 292 valence electrons. The van der Waals surface area contributed by atoms with Crippen molar-refractivity contribution < 1.29 is 53.3 Å². The lowest BCUT2D eigenvalue weighted by Gasteiger charge is -2.19. The monoisotopic (exact) mass is 732 g/mol. The van der Waals surface area contributed by atoms with Crippen LogP contribution in [0.15, 0.2) is 24.3 Å². The minimum atomic E-state index is -4.83. The predicted molar refractivity (Wildman–Crippen MR) is 195 cm³/mol. The average Bonchev–Trinajstić information content (AvgIpc) is 3.34. The molecule has 0 heterocycles. The van der Waals surface area contributed by atoms with Crippen molar-refractivity contribution in [2.24, 2.45) is 17.8 Å². The van der Waals surface area contributed by atoms with Gasteiger partial charge in [-0.15, -0.1) is 0 Å². The number of carbonyl (C=O) groups excluding carboxylic acids is 2. The summed E-state index contributed by atoms with van der Waals surface area (Å²) in [5.74, 6) is -0.955. The number of aliphatic hydroxyl groups excluding tert-OH is 3. The van der Waals surface area contributed by atoms with Crippen molar-refractivity contribution in [1.29, 1.82) is 0 Å². The molecule has 1 aliphatic carbocycles. The molecule has 1 saturated carbocycles. The molecule has 1 rings (SSSR count). The summed E-state index contributed by atoms with van der Waals surface area (Å²) in [6.07, 6.45) is 21.8. The molecule has 1 fully saturated rings. The number of rotatable bonds is 30. The van der Waals surface area contributed by atoms with Gasteiger partial charge in [-0.2, -0.15) is 0 Å². The maximum atomic E-state index is 12.4. The van der Waals surface area contributed by atoms with Crippen molar-refractivity contribution in [2.45, 2.75) is 174 Å². The van der Waals surface area contributed by atoms with E-state index in [1.807, 2.05) is 0 Å². The van der Waals surface area contributed by atoms with Crippen LogP contribution in [0.5, 0.6) is 0 Å².